The molecule has 1 aliphatic rings. The fourth-order valence-corrected chi connectivity index (χ4v) is 2.62. The molecule has 1 aromatic rings. The van der Waals surface area contributed by atoms with Crippen LogP contribution >= 0.6 is 36.0 Å². The fourth-order valence-electron chi connectivity index (χ4n) is 1.36. The zero-order valence-corrected chi connectivity index (χ0v) is 9.99. The minimum Gasteiger partial charge on any atom is -0.225 e. The Bertz CT molecular complexity index is 456. The molecule has 0 spiro atoms. The molecule has 6 heteroatoms. The molecule has 15 heavy (non-hydrogen) atoms. The van der Waals surface area contributed by atoms with E-state index in [1.54, 1.807) is 0 Å². The Balaban J connectivity index is 2.48. The lowest BCUT2D eigenvalue weighted by Gasteiger charge is -2.16. The van der Waals surface area contributed by atoms with Crippen LogP contribution in [0.2, 0.25) is 0 Å². The molecule has 0 aliphatic heterocycles. The van der Waals surface area contributed by atoms with Gasteiger partial charge in [0, 0.05) is 33.2 Å². The molecule has 0 atom stereocenters. The summed E-state index contributed by atoms with van der Waals surface area (Å²) in [6.07, 6.45) is 4.05. The standard InChI is InChI=1S/C9H6ClN3S2/c10-6-1-5(14)2-7(15)8(6)9-12-3-11-4-13-9/h3-4H,1-2H2. The SMILES string of the molecule is S=C1CC(=S)C(c2ncncn2)=C(Cl)C1. The summed E-state index contributed by atoms with van der Waals surface area (Å²) in [5.41, 5.74) is 0.739. The number of hydrogen-bond acceptors (Lipinski definition) is 5. The van der Waals surface area contributed by atoms with Crippen molar-refractivity contribution in [2.75, 3.05) is 0 Å². The van der Waals surface area contributed by atoms with Gasteiger partial charge in [-0.2, -0.15) is 0 Å². The molecule has 76 valence electrons. The van der Waals surface area contributed by atoms with E-state index in [1.165, 1.54) is 12.7 Å². The predicted octanol–water partition coefficient (Wildman–Crippen LogP) is 2.36. The lowest BCUT2D eigenvalue weighted by atomic mass is 9.98. The van der Waals surface area contributed by atoms with E-state index in [-0.39, 0.29) is 0 Å². The van der Waals surface area contributed by atoms with Crippen LogP contribution in [0.25, 0.3) is 5.57 Å². The lowest BCUT2D eigenvalue weighted by Crippen LogP contribution is -2.15. The summed E-state index contributed by atoms with van der Waals surface area (Å²) in [6, 6.07) is 0. The van der Waals surface area contributed by atoms with Gasteiger partial charge in [0.2, 0.25) is 0 Å². The van der Waals surface area contributed by atoms with Gasteiger partial charge in [-0.05, 0) is 0 Å². The predicted molar refractivity (Wildman–Crippen MR) is 67.0 cm³/mol. The van der Waals surface area contributed by atoms with Crippen LogP contribution in [-0.2, 0) is 0 Å². The molecule has 1 heterocycles. The third kappa shape index (κ3) is 2.25. The summed E-state index contributed by atoms with van der Waals surface area (Å²) in [4.78, 5) is 13.4. The first-order valence-electron chi connectivity index (χ1n) is 4.24. The van der Waals surface area contributed by atoms with Gasteiger partial charge in [-0.1, -0.05) is 36.0 Å². The molecule has 1 aromatic heterocycles. The quantitative estimate of drug-likeness (QED) is 0.721. The van der Waals surface area contributed by atoms with Gasteiger partial charge >= 0.3 is 0 Å². The highest BCUT2D eigenvalue weighted by Gasteiger charge is 2.22. The molecule has 1 aliphatic carbocycles. The van der Waals surface area contributed by atoms with Crippen molar-refractivity contribution in [2.24, 2.45) is 0 Å². The van der Waals surface area contributed by atoms with Crippen molar-refractivity contribution >= 4 is 51.3 Å². The van der Waals surface area contributed by atoms with Crippen LogP contribution in [0, 0.1) is 0 Å². The van der Waals surface area contributed by atoms with Crippen molar-refractivity contribution in [1.82, 2.24) is 15.0 Å². The van der Waals surface area contributed by atoms with Crippen molar-refractivity contribution in [2.45, 2.75) is 12.8 Å². The number of thiocarbonyl (C=S) groups is 2. The molecule has 0 bridgehead atoms. The molecular formula is C9H6ClN3S2. The van der Waals surface area contributed by atoms with Gasteiger partial charge in [0.1, 0.15) is 12.7 Å². The average Bonchev–Trinajstić information content (AvgIpc) is 2.17. The van der Waals surface area contributed by atoms with E-state index in [9.17, 15) is 0 Å². The van der Waals surface area contributed by atoms with Crippen LogP contribution in [0.1, 0.15) is 18.7 Å². The van der Waals surface area contributed by atoms with Crippen molar-refractivity contribution < 1.29 is 0 Å². The number of aromatic nitrogens is 3. The van der Waals surface area contributed by atoms with Gasteiger partial charge < -0.3 is 0 Å². The highest BCUT2D eigenvalue weighted by molar-refractivity contribution is 7.82. The highest BCUT2D eigenvalue weighted by atomic mass is 35.5. The molecule has 0 amide bonds. The van der Waals surface area contributed by atoms with Crippen molar-refractivity contribution in [3.63, 3.8) is 0 Å². The number of hydrogen-bond donors (Lipinski definition) is 0. The minimum absolute atomic E-state index is 0.530. The Kier molecular flexibility index (Phi) is 3.14. The van der Waals surface area contributed by atoms with E-state index in [2.05, 4.69) is 15.0 Å². The Hall–Kier alpha value is -0.780. The topological polar surface area (TPSA) is 38.7 Å². The van der Waals surface area contributed by atoms with E-state index in [4.69, 9.17) is 36.0 Å². The van der Waals surface area contributed by atoms with E-state index in [1.807, 2.05) is 0 Å². The number of rotatable bonds is 1. The highest BCUT2D eigenvalue weighted by Crippen LogP contribution is 2.29. The van der Waals surface area contributed by atoms with Crippen molar-refractivity contribution in [3.8, 4) is 0 Å². The monoisotopic (exact) mass is 255 g/mol. The number of nitrogens with zero attached hydrogens (tertiary/aromatic N) is 3. The van der Waals surface area contributed by atoms with E-state index < -0.39 is 0 Å². The first kappa shape index (κ1) is 10.7. The lowest BCUT2D eigenvalue weighted by molar-refractivity contribution is 1.02. The largest absolute Gasteiger partial charge is 0.225 e. The van der Waals surface area contributed by atoms with Crippen molar-refractivity contribution in [3.05, 3.63) is 23.5 Å². The molecule has 0 aromatic carbocycles. The summed E-state index contributed by atoms with van der Waals surface area (Å²) >= 11 is 16.4. The van der Waals surface area contributed by atoms with Gasteiger partial charge in [-0.3, -0.25) is 0 Å². The van der Waals surface area contributed by atoms with Crippen LogP contribution in [0.3, 0.4) is 0 Å². The third-order valence-corrected chi connectivity index (χ3v) is 2.94. The van der Waals surface area contributed by atoms with Gasteiger partial charge in [0.15, 0.2) is 5.82 Å². The van der Waals surface area contributed by atoms with Gasteiger partial charge in [0.05, 0.1) is 0 Å². The van der Waals surface area contributed by atoms with Crippen LogP contribution in [-0.4, -0.2) is 24.7 Å². The Labute approximate surface area is 103 Å². The maximum Gasteiger partial charge on any atom is 0.164 e. The van der Waals surface area contributed by atoms with E-state index in [0.717, 1.165) is 10.4 Å². The molecule has 2 rings (SSSR count). The maximum absolute atomic E-state index is 6.11. The Morgan fingerprint density at radius 2 is 1.80 bits per heavy atom. The van der Waals surface area contributed by atoms with Gasteiger partial charge in [0.25, 0.3) is 0 Å². The Morgan fingerprint density at radius 3 is 2.40 bits per heavy atom. The molecule has 0 N–H and O–H groups in total. The zero-order chi connectivity index (χ0) is 10.8. The summed E-state index contributed by atoms with van der Waals surface area (Å²) in [7, 11) is 0. The van der Waals surface area contributed by atoms with Crippen LogP contribution in [0.15, 0.2) is 17.7 Å². The van der Waals surface area contributed by atoms with E-state index >= 15 is 0 Å². The second-order valence-electron chi connectivity index (χ2n) is 3.06. The first-order valence-corrected chi connectivity index (χ1v) is 5.44. The molecule has 0 fully saturated rings. The summed E-state index contributed by atoms with van der Waals surface area (Å²) in [5.74, 6) is 0.530. The smallest absolute Gasteiger partial charge is 0.164 e. The minimum atomic E-state index is 0.530. The number of halogens is 1. The summed E-state index contributed by atoms with van der Waals surface area (Å²) < 4.78 is 0. The Morgan fingerprint density at radius 1 is 1.13 bits per heavy atom. The molecule has 0 saturated heterocycles. The second kappa shape index (κ2) is 4.38. The van der Waals surface area contributed by atoms with Crippen molar-refractivity contribution in [1.29, 1.82) is 0 Å². The molecular weight excluding hydrogens is 250 g/mol. The van der Waals surface area contributed by atoms with E-state index in [0.29, 0.717) is 28.6 Å². The van der Waals surface area contributed by atoms with Crippen LogP contribution in [0.5, 0.6) is 0 Å². The van der Waals surface area contributed by atoms with Gasteiger partial charge in [-0.25, -0.2) is 15.0 Å². The van der Waals surface area contributed by atoms with Gasteiger partial charge in [-0.15, -0.1) is 0 Å². The molecule has 0 saturated carbocycles. The fraction of sp³-hybridized carbons (Fsp3) is 0.222. The van der Waals surface area contributed by atoms with Crippen LogP contribution < -0.4 is 0 Å². The molecule has 0 unspecified atom stereocenters. The molecule has 0 radical (unpaired) electrons. The number of allylic oxidation sites excluding steroid dienone is 2. The summed E-state index contributed by atoms with van der Waals surface area (Å²) in [6.45, 7) is 0. The first-order chi connectivity index (χ1) is 7.18. The normalized spacial score (nSPS) is 17.1. The zero-order valence-electron chi connectivity index (χ0n) is 7.61. The van der Waals surface area contributed by atoms with Crippen LogP contribution in [0.4, 0.5) is 0 Å². The maximum atomic E-state index is 6.11. The average molecular weight is 256 g/mol. The summed E-state index contributed by atoms with van der Waals surface area (Å²) in [5, 5.41) is 0.627. The third-order valence-electron chi connectivity index (χ3n) is 1.98. The molecule has 3 nitrogen and oxygen atoms in total. The second-order valence-corrected chi connectivity index (χ2v) is 4.58.